The van der Waals surface area contributed by atoms with Crippen LogP contribution < -0.4 is 5.73 Å². The molecule has 0 aliphatic heterocycles. The lowest BCUT2D eigenvalue weighted by atomic mass is 9.91. The quantitative estimate of drug-likeness (QED) is 0.729. The largest absolute Gasteiger partial charge is 0.394 e. The molecule has 1 rings (SSSR count). The Bertz CT molecular complexity index is 274. The van der Waals surface area contributed by atoms with Crippen molar-refractivity contribution in [2.45, 2.75) is 5.54 Å². The maximum Gasteiger partial charge on any atom is 0.0772 e. The van der Waals surface area contributed by atoms with E-state index in [0.29, 0.717) is 6.54 Å². The molecule has 0 fully saturated rings. The van der Waals surface area contributed by atoms with Gasteiger partial charge in [-0.2, -0.15) is 0 Å². The monoisotopic (exact) mass is 194 g/mol. The Balaban J connectivity index is 2.90. The lowest BCUT2D eigenvalue weighted by molar-refractivity contribution is 0.162. The van der Waals surface area contributed by atoms with E-state index in [1.807, 2.05) is 49.3 Å². The Labute approximate surface area is 85.2 Å². The van der Waals surface area contributed by atoms with Crippen molar-refractivity contribution in [1.29, 1.82) is 0 Å². The molecular formula is C11H18N2O. The number of aliphatic hydroxyl groups is 1. The number of hydrogen-bond acceptors (Lipinski definition) is 3. The van der Waals surface area contributed by atoms with Crippen LogP contribution in [0.5, 0.6) is 0 Å². The molecule has 0 spiro atoms. The van der Waals surface area contributed by atoms with Gasteiger partial charge in [0, 0.05) is 6.54 Å². The molecule has 78 valence electrons. The molecule has 0 aliphatic rings. The Kier molecular flexibility index (Phi) is 3.63. The first-order chi connectivity index (χ1) is 6.58. The van der Waals surface area contributed by atoms with Crippen LogP contribution in [0.1, 0.15) is 5.56 Å². The van der Waals surface area contributed by atoms with Gasteiger partial charge in [-0.3, -0.25) is 0 Å². The minimum absolute atomic E-state index is 0.0464. The van der Waals surface area contributed by atoms with Crippen LogP contribution in [0, 0.1) is 0 Å². The van der Waals surface area contributed by atoms with Gasteiger partial charge in [0.15, 0.2) is 0 Å². The van der Waals surface area contributed by atoms with E-state index >= 15 is 0 Å². The van der Waals surface area contributed by atoms with Crippen LogP contribution in [0.3, 0.4) is 0 Å². The van der Waals surface area contributed by atoms with Gasteiger partial charge in [-0.25, -0.2) is 0 Å². The average molecular weight is 194 g/mol. The van der Waals surface area contributed by atoms with Gasteiger partial charge in [0.05, 0.1) is 12.1 Å². The van der Waals surface area contributed by atoms with Crippen LogP contribution in [0.25, 0.3) is 0 Å². The molecule has 3 N–H and O–H groups in total. The minimum Gasteiger partial charge on any atom is -0.394 e. The third-order valence-corrected chi connectivity index (χ3v) is 2.23. The van der Waals surface area contributed by atoms with Crippen molar-refractivity contribution in [1.82, 2.24) is 4.90 Å². The fraction of sp³-hybridized carbons (Fsp3) is 0.455. The summed E-state index contributed by atoms with van der Waals surface area (Å²) in [5, 5.41) is 9.34. The van der Waals surface area contributed by atoms with E-state index < -0.39 is 5.54 Å². The van der Waals surface area contributed by atoms with E-state index in [-0.39, 0.29) is 6.61 Å². The summed E-state index contributed by atoms with van der Waals surface area (Å²) in [4.78, 5) is 1.98. The van der Waals surface area contributed by atoms with Crippen LogP contribution in [0.4, 0.5) is 0 Å². The number of likely N-dealkylation sites (N-methyl/N-ethyl adjacent to an activating group) is 1. The molecular weight excluding hydrogens is 176 g/mol. The van der Waals surface area contributed by atoms with Crippen LogP contribution in [0.2, 0.25) is 0 Å². The standard InChI is InChI=1S/C11H18N2O/c1-13(2)8-11(12,9-14)10-6-4-3-5-7-10/h3-7,14H,8-9,12H2,1-2H3. The third kappa shape index (κ3) is 2.54. The molecule has 0 radical (unpaired) electrons. The first-order valence-corrected chi connectivity index (χ1v) is 4.68. The summed E-state index contributed by atoms with van der Waals surface area (Å²) >= 11 is 0. The molecule has 0 bridgehead atoms. The summed E-state index contributed by atoms with van der Waals surface area (Å²) in [6.45, 7) is 0.586. The van der Waals surface area contributed by atoms with Crippen LogP contribution >= 0.6 is 0 Å². The Hall–Kier alpha value is -0.900. The Morgan fingerprint density at radius 2 is 1.86 bits per heavy atom. The predicted molar refractivity (Wildman–Crippen MR) is 57.9 cm³/mol. The zero-order valence-electron chi connectivity index (χ0n) is 8.77. The maximum absolute atomic E-state index is 9.34. The summed E-state index contributed by atoms with van der Waals surface area (Å²) < 4.78 is 0. The number of nitrogens with zero attached hydrogens (tertiary/aromatic N) is 1. The number of hydrogen-bond donors (Lipinski definition) is 2. The van der Waals surface area contributed by atoms with Gasteiger partial charge >= 0.3 is 0 Å². The number of rotatable bonds is 4. The summed E-state index contributed by atoms with van der Waals surface area (Å²) in [6, 6.07) is 9.70. The lowest BCUT2D eigenvalue weighted by Gasteiger charge is -2.30. The topological polar surface area (TPSA) is 49.5 Å². The van der Waals surface area contributed by atoms with Crippen LogP contribution in [-0.2, 0) is 5.54 Å². The van der Waals surface area contributed by atoms with Crippen molar-refractivity contribution < 1.29 is 5.11 Å². The summed E-state index contributed by atoms with van der Waals surface area (Å²) in [7, 11) is 3.89. The van der Waals surface area contributed by atoms with Gasteiger partial charge in [0.25, 0.3) is 0 Å². The first-order valence-electron chi connectivity index (χ1n) is 4.68. The van der Waals surface area contributed by atoms with Crippen molar-refractivity contribution in [3.05, 3.63) is 35.9 Å². The highest BCUT2D eigenvalue weighted by molar-refractivity contribution is 5.24. The Morgan fingerprint density at radius 1 is 1.29 bits per heavy atom. The van der Waals surface area contributed by atoms with Crippen molar-refractivity contribution in [2.75, 3.05) is 27.2 Å². The van der Waals surface area contributed by atoms with Gasteiger partial charge in [0.1, 0.15) is 0 Å². The molecule has 1 aromatic carbocycles. The van der Waals surface area contributed by atoms with E-state index in [2.05, 4.69) is 0 Å². The molecule has 0 heterocycles. The smallest absolute Gasteiger partial charge is 0.0772 e. The zero-order valence-corrected chi connectivity index (χ0v) is 8.77. The maximum atomic E-state index is 9.34. The molecule has 0 saturated heterocycles. The SMILES string of the molecule is CN(C)CC(N)(CO)c1ccccc1. The highest BCUT2D eigenvalue weighted by atomic mass is 16.3. The van der Waals surface area contributed by atoms with Crippen molar-refractivity contribution in [3.8, 4) is 0 Å². The molecule has 1 atom stereocenters. The normalized spacial score (nSPS) is 15.5. The van der Waals surface area contributed by atoms with Crippen molar-refractivity contribution in [2.24, 2.45) is 5.73 Å². The van der Waals surface area contributed by atoms with Gasteiger partial charge in [-0.1, -0.05) is 30.3 Å². The molecule has 0 aliphatic carbocycles. The van der Waals surface area contributed by atoms with E-state index in [0.717, 1.165) is 5.56 Å². The Morgan fingerprint density at radius 3 is 2.29 bits per heavy atom. The molecule has 0 amide bonds. The number of nitrogens with two attached hydrogens (primary N) is 1. The second kappa shape index (κ2) is 4.55. The van der Waals surface area contributed by atoms with Gasteiger partial charge in [-0.05, 0) is 19.7 Å². The zero-order chi connectivity index (χ0) is 10.6. The highest BCUT2D eigenvalue weighted by Gasteiger charge is 2.26. The second-order valence-corrected chi connectivity index (χ2v) is 3.92. The minimum atomic E-state index is -0.662. The fourth-order valence-corrected chi connectivity index (χ4v) is 1.57. The van der Waals surface area contributed by atoms with Crippen molar-refractivity contribution >= 4 is 0 Å². The number of aliphatic hydroxyl groups excluding tert-OH is 1. The van der Waals surface area contributed by atoms with Crippen LogP contribution in [0.15, 0.2) is 30.3 Å². The molecule has 14 heavy (non-hydrogen) atoms. The fourth-order valence-electron chi connectivity index (χ4n) is 1.57. The number of benzene rings is 1. The third-order valence-electron chi connectivity index (χ3n) is 2.23. The average Bonchev–Trinajstić information content (AvgIpc) is 2.18. The van der Waals surface area contributed by atoms with Gasteiger partial charge < -0.3 is 15.7 Å². The summed E-state index contributed by atoms with van der Waals surface area (Å²) in [5.74, 6) is 0. The van der Waals surface area contributed by atoms with Gasteiger partial charge in [-0.15, -0.1) is 0 Å². The summed E-state index contributed by atoms with van der Waals surface area (Å²) in [6.07, 6.45) is 0. The lowest BCUT2D eigenvalue weighted by Crippen LogP contribution is -2.48. The van der Waals surface area contributed by atoms with E-state index in [1.54, 1.807) is 0 Å². The first kappa shape index (κ1) is 11.2. The summed E-state index contributed by atoms with van der Waals surface area (Å²) in [5.41, 5.74) is 6.43. The molecule has 3 nitrogen and oxygen atoms in total. The van der Waals surface area contributed by atoms with E-state index in [4.69, 9.17) is 5.73 Å². The van der Waals surface area contributed by atoms with Gasteiger partial charge in [0.2, 0.25) is 0 Å². The highest BCUT2D eigenvalue weighted by Crippen LogP contribution is 2.17. The molecule has 0 saturated carbocycles. The van der Waals surface area contributed by atoms with Crippen LogP contribution in [-0.4, -0.2) is 37.3 Å². The second-order valence-electron chi connectivity index (χ2n) is 3.92. The van der Waals surface area contributed by atoms with Crippen molar-refractivity contribution in [3.63, 3.8) is 0 Å². The molecule has 1 aromatic rings. The molecule has 1 unspecified atom stereocenters. The molecule has 0 aromatic heterocycles. The van der Waals surface area contributed by atoms with E-state index in [9.17, 15) is 5.11 Å². The predicted octanol–water partition coefficient (Wildman–Crippen LogP) is 0.395. The van der Waals surface area contributed by atoms with E-state index in [1.165, 1.54) is 0 Å². The molecule has 3 heteroatoms.